The maximum Gasteiger partial charge on any atom is 0.270 e. The number of carbonyl (C=O) groups excluding carboxylic acids is 1. The van der Waals surface area contributed by atoms with E-state index in [4.69, 9.17) is 11.6 Å². The number of aromatic nitrogens is 1. The molecule has 0 aliphatic heterocycles. The van der Waals surface area contributed by atoms with Gasteiger partial charge in [0, 0.05) is 18.1 Å². The third-order valence-electron chi connectivity index (χ3n) is 2.94. The molecule has 1 amide bonds. The zero-order valence-corrected chi connectivity index (χ0v) is 12.7. The molecule has 21 heavy (non-hydrogen) atoms. The maximum atomic E-state index is 12.0. The van der Waals surface area contributed by atoms with Crippen LogP contribution in [0.1, 0.15) is 29.4 Å². The van der Waals surface area contributed by atoms with Crippen molar-refractivity contribution in [1.29, 1.82) is 0 Å². The average molecular weight is 304 g/mol. The van der Waals surface area contributed by atoms with E-state index in [-0.39, 0.29) is 5.91 Å². The molecule has 0 aliphatic carbocycles. The van der Waals surface area contributed by atoms with Crippen LogP contribution in [0.25, 0.3) is 0 Å². The van der Waals surface area contributed by atoms with Gasteiger partial charge in [-0.15, -0.1) is 0 Å². The summed E-state index contributed by atoms with van der Waals surface area (Å²) in [6.45, 7) is 3.44. The Morgan fingerprint density at radius 2 is 1.95 bits per heavy atom. The largest absolute Gasteiger partial charge is 0.384 e. The fraction of sp³-hybridized carbons (Fsp3) is 0.250. The molecular weight excluding hydrogens is 286 g/mol. The molecule has 1 aromatic heterocycles. The van der Waals surface area contributed by atoms with Crippen molar-refractivity contribution in [3.63, 3.8) is 0 Å². The fourth-order valence-electron chi connectivity index (χ4n) is 1.78. The number of carbonyl (C=O) groups is 1. The van der Waals surface area contributed by atoms with E-state index >= 15 is 0 Å². The lowest BCUT2D eigenvalue weighted by Gasteiger charge is -2.07. The second kappa shape index (κ2) is 7.64. The first-order valence-electron chi connectivity index (χ1n) is 6.91. The second-order valence-electron chi connectivity index (χ2n) is 4.67. The molecular formula is C16H18ClN3O. The van der Waals surface area contributed by atoms with Crippen molar-refractivity contribution in [2.45, 2.75) is 19.9 Å². The highest BCUT2D eigenvalue weighted by molar-refractivity contribution is 6.30. The van der Waals surface area contributed by atoms with E-state index in [1.165, 1.54) is 0 Å². The Labute approximate surface area is 129 Å². The van der Waals surface area contributed by atoms with Crippen molar-refractivity contribution in [2.75, 3.05) is 11.9 Å². The fourth-order valence-corrected chi connectivity index (χ4v) is 1.90. The van der Waals surface area contributed by atoms with Gasteiger partial charge in [0.2, 0.25) is 0 Å². The molecule has 0 spiro atoms. The van der Waals surface area contributed by atoms with Crippen LogP contribution in [0.3, 0.4) is 0 Å². The molecule has 0 saturated heterocycles. The summed E-state index contributed by atoms with van der Waals surface area (Å²) >= 11 is 5.82. The number of nitrogens with one attached hydrogen (secondary N) is 2. The molecule has 0 bridgehead atoms. The van der Waals surface area contributed by atoms with Crippen LogP contribution in [0.4, 0.5) is 5.69 Å². The Kier molecular flexibility index (Phi) is 5.58. The SMILES string of the molecule is CCCNc1ccc(C(=O)NCc2ccc(Cl)cc2)nc1. The van der Waals surface area contributed by atoms with Gasteiger partial charge in [-0.2, -0.15) is 0 Å². The number of hydrogen-bond donors (Lipinski definition) is 2. The Morgan fingerprint density at radius 3 is 2.57 bits per heavy atom. The van der Waals surface area contributed by atoms with Crippen molar-refractivity contribution < 1.29 is 4.79 Å². The third-order valence-corrected chi connectivity index (χ3v) is 3.19. The molecule has 5 heteroatoms. The normalized spacial score (nSPS) is 10.2. The molecule has 1 aromatic carbocycles. The Morgan fingerprint density at radius 1 is 1.19 bits per heavy atom. The number of anilines is 1. The summed E-state index contributed by atoms with van der Waals surface area (Å²) in [4.78, 5) is 16.2. The lowest BCUT2D eigenvalue weighted by atomic mass is 10.2. The van der Waals surface area contributed by atoms with Crippen molar-refractivity contribution in [3.8, 4) is 0 Å². The van der Waals surface area contributed by atoms with Crippen molar-refractivity contribution in [1.82, 2.24) is 10.3 Å². The van der Waals surface area contributed by atoms with Crippen LogP contribution in [0.5, 0.6) is 0 Å². The number of pyridine rings is 1. The molecule has 0 saturated carbocycles. The van der Waals surface area contributed by atoms with E-state index in [2.05, 4.69) is 22.5 Å². The first-order valence-corrected chi connectivity index (χ1v) is 7.29. The van der Waals surface area contributed by atoms with Gasteiger partial charge in [0.05, 0.1) is 11.9 Å². The molecule has 0 fully saturated rings. The van der Waals surface area contributed by atoms with Crippen molar-refractivity contribution >= 4 is 23.2 Å². The number of hydrogen-bond acceptors (Lipinski definition) is 3. The van der Waals surface area contributed by atoms with Gasteiger partial charge in [-0.05, 0) is 36.2 Å². The Hall–Kier alpha value is -2.07. The molecule has 1 heterocycles. The van der Waals surface area contributed by atoms with E-state index in [0.29, 0.717) is 17.3 Å². The van der Waals surface area contributed by atoms with Gasteiger partial charge < -0.3 is 10.6 Å². The first kappa shape index (κ1) is 15.3. The highest BCUT2D eigenvalue weighted by atomic mass is 35.5. The predicted octanol–water partition coefficient (Wildman–Crippen LogP) is 3.49. The van der Waals surface area contributed by atoms with Gasteiger partial charge in [0.15, 0.2) is 0 Å². The minimum atomic E-state index is -0.188. The van der Waals surface area contributed by atoms with Crippen LogP contribution >= 0.6 is 11.6 Å². The lowest BCUT2D eigenvalue weighted by molar-refractivity contribution is 0.0946. The Bertz CT molecular complexity index is 581. The summed E-state index contributed by atoms with van der Waals surface area (Å²) in [5, 5.41) is 6.73. The van der Waals surface area contributed by atoms with Crippen LogP contribution in [0, 0.1) is 0 Å². The van der Waals surface area contributed by atoms with Crippen molar-refractivity contribution in [3.05, 3.63) is 58.9 Å². The summed E-state index contributed by atoms with van der Waals surface area (Å²) in [6.07, 6.45) is 2.72. The Balaban J connectivity index is 1.89. The highest BCUT2D eigenvalue weighted by Gasteiger charge is 2.06. The molecule has 0 unspecified atom stereocenters. The molecule has 0 aliphatic rings. The molecule has 0 atom stereocenters. The quantitative estimate of drug-likeness (QED) is 0.859. The number of amides is 1. The number of nitrogens with zero attached hydrogens (tertiary/aromatic N) is 1. The van der Waals surface area contributed by atoms with E-state index < -0.39 is 0 Å². The van der Waals surface area contributed by atoms with Crippen LogP contribution in [0.15, 0.2) is 42.6 Å². The zero-order valence-electron chi connectivity index (χ0n) is 11.9. The smallest absolute Gasteiger partial charge is 0.270 e. The van der Waals surface area contributed by atoms with E-state index in [0.717, 1.165) is 24.2 Å². The van der Waals surface area contributed by atoms with Gasteiger partial charge in [-0.1, -0.05) is 30.7 Å². The van der Waals surface area contributed by atoms with E-state index in [1.807, 2.05) is 18.2 Å². The standard InChI is InChI=1S/C16H18ClN3O/c1-2-9-18-14-7-8-15(19-11-14)16(21)20-10-12-3-5-13(17)6-4-12/h3-8,11,18H,2,9-10H2,1H3,(H,20,21). The first-order chi connectivity index (χ1) is 10.2. The molecule has 2 N–H and O–H groups in total. The number of rotatable bonds is 6. The van der Waals surface area contributed by atoms with Crippen LogP contribution < -0.4 is 10.6 Å². The van der Waals surface area contributed by atoms with Crippen molar-refractivity contribution in [2.24, 2.45) is 0 Å². The van der Waals surface area contributed by atoms with Gasteiger partial charge >= 0.3 is 0 Å². The number of halogens is 1. The summed E-state index contributed by atoms with van der Waals surface area (Å²) in [5.41, 5.74) is 2.33. The molecule has 110 valence electrons. The van der Waals surface area contributed by atoms with Crippen LogP contribution in [0.2, 0.25) is 5.02 Å². The van der Waals surface area contributed by atoms with Crippen LogP contribution in [-0.2, 0) is 6.54 Å². The minimum Gasteiger partial charge on any atom is -0.384 e. The summed E-state index contributed by atoms with van der Waals surface area (Å²) in [6, 6.07) is 10.9. The third kappa shape index (κ3) is 4.76. The summed E-state index contributed by atoms with van der Waals surface area (Å²) in [7, 11) is 0. The number of benzene rings is 1. The molecule has 2 rings (SSSR count). The second-order valence-corrected chi connectivity index (χ2v) is 5.10. The van der Waals surface area contributed by atoms with Crippen LogP contribution in [-0.4, -0.2) is 17.4 Å². The minimum absolute atomic E-state index is 0.188. The van der Waals surface area contributed by atoms with Gasteiger partial charge in [-0.3, -0.25) is 4.79 Å². The lowest BCUT2D eigenvalue weighted by Crippen LogP contribution is -2.23. The van der Waals surface area contributed by atoms with Gasteiger partial charge in [0.25, 0.3) is 5.91 Å². The predicted molar refractivity (Wildman–Crippen MR) is 85.6 cm³/mol. The maximum absolute atomic E-state index is 12.0. The summed E-state index contributed by atoms with van der Waals surface area (Å²) in [5.74, 6) is -0.188. The van der Waals surface area contributed by atoms with E-state index in [9.17, 15) is 4.79 Å². The highest BCUT2D eigenvalue weighted by Crippen LogP contribution is 2.10. The van der Waals surface area contributed by atoms with E-state index in [1.54, 1.807) is 24.4 Å². The monoisotopic (exact) mass is 303 g/mol. The van der Waals surface area contributed by atoms with Gasteiger partial charge in [-0.25, -0.2) is 4.98 Å². The molecule has 0 radical (unpaired) electrons. The average Bonchev–Trinajstić information content (AvgIpc) is 2.52. The molecule has 4 nitrogen and oxygen atoms in total. The van der Waals surface area contributed by atoms with Gasteiger partial charge in [0.1, 0.15) is 5.69 Å². The molecule has 2 aromatic rings. The topological polar surface area (TPSA) is 54.0 Å². The zero-order chi connectivity index (χ0) is 15.1. The summed E-state index contributed by atoms with van der Waals surface area (Å²) < 4.78 is 0.